The molecule has 1 aliphatic heterocycles. The summed E-state index contributed by atoms with van der Waals surface area (Å²) < 4.78 is 36.5. The smallest absolute Gasteiger partial charge is 0.407 e. The molecule has 2 aromatic rings. The van der Waals surface area contributed by atoms with Gasteiger partial charge >= 0.3 is 12.7 Å². The number of fused-ring (bicyclic) bond motifs is 1. The van der Waals surface area contributed by atoms with Crippen LogP contribution >= 0.6 is 11.9 Å². The van der Waals surface area contributed by atoms with Gasteiger partial charge in [0, 0.05) is 24.0 Å². The maximum absolute atomic E-state index is 12.2. The molecule has 0 aromatic heterocycles. The van der Waals surface area contributed by atoms with Gasteiger partial charge in [0.1, 0.15) is 12.4 Å². The second-order valence-corrected chi connectivity index (χ2v) is 8.85. The van der Waals surface area contributed by atoms with Gasteiger partial charge in [0.25, 0.3) is 0 Å². The van der Waals surface area contributed by atoms with E-state index in [-0.39, 0.29) is 24.5 Å². The Kier molecular flexibility index (Phi) is 6.74. The zero-order valence-electron chi connectivity index (χ0n) is 16.4. The first-order valence-electron chi connectivity index (χ1n) is 10.00. The molecular weight excluding hydrogens is 410 g/mol. The summed E-state index contributed by atoms with van der Waals surface area (Å²) in [6.45, 7) is -0.639. The van der Waals surface area contributed by atoms with Crippen molar-refractivity contribution in [2.45, 2.75) is 37.0 Å². The summed E-state index contributed by atoms with van der Waals surface area (Å²) in [5, 5.41) is 3.00. The summed E-state index contributed by atoms with van der Waals surface area (Å²) in [5.74, 6) is 1.25. The minimum atomic E-state index is -2.81. The molecule has 2 aromatic carbocycles. The van der Waals surface area contributed by atoms with Crippen LogP contribution in [0.15, 0.2) is 59.5 Å². The van der Waals surface area contributed by atoms with Crippen LogP contribution in [0, 0.1) is 11.8 Å². The van der Waals surface area contributed by atoms with E-state index < -0.39 is 6.61 Å². The molecule has 2 fully saturated rings. The van der Waals surface area contributed by atoms with Crippen molar-refractivity contribution in [1.29, 1.82) is 0 Å². The molecule has 0 radical (unpaired) electrons. The van der Waals surface area contributed by atoms with Gasteiger partial charge in [-0.05, 0) is 66.5 Å². The van der Waals surface area contributed by atoms with E-state index in [1.165, 1.54) is 0 Å². The van der Waals surface area contributed by atoms with Crippen molar-refractivity contribution in [3.8, 4) is 5.75 Å². The average Bonchev–Trinajstić information content (AvgIpc) is 3.26. The van der Waals surface area contributed by atoms with Crippen LogP contribution in [0.4, 0.5) is 13.6 Å². The highest BCUT2D eigenvalue weighted by Gasteiger charge is 2.41. The molecule has 4 rings (SSSR count). The largest absolute Gasteiger partial charge is 0.445 e. The number of ether oxygens (including phenoxy) is 2. The predicted molar refractivity (Wildman–Crippen MR) is 110 cm³/mol. The molecule has 1 aliphatic carbocycles. The fourth-order valence-corrected chi connectivity index (χ4v) is 5.30. The number of nitrogens with one attached hydrogen (secondary N) is 1. The van der Waals surface area contributed by atoms with Crippen LogP contribution < -0.4 is 10.1 Å². The predicted octanol–water partition coefficient (Wildman–Crippen LogP) is 4.93. The lowest BCUT2D eigenvalue weighted by molar-refractivity contribution is -0.0498. The van der Waals surface area contributed by atoms with Crippen LogP contribution in [0.5, 0.6) is 5.75 Å². The lowest BCUT2D eigenvalue weighted by Crippen LogP contribution is -2.34. The quantitative estimate of drug-likeness (QED) is 0.626. The molecular formula is C22H24F2N2O3S. The molecule has 0 bridgehead atoms. The van der Waals surface area contributed by atoms with Gasteiger partial charge < -0.3 is 14.8 Å². The number of hydrogen-bond acceptors (Lipinski definition) is 5. The van der Waals surface area contributed by atoms with Crippen molar-refractivity contribution >= 4 is 18.0 Å². The number of hydrogen-bond donors (Lipinski definition) is 1. The van der Waals surface area contributed by atoms with Gasteiger partial charge in [-0.1, -0.05) is 30.3 Å². The molecule has 8 heteroatoms. The SMILES string of the molecule is O=C(NC1CC2CN(Sc3ccc(OC(F)F)cc3)CC2C1)OCc1ccccc1. The Hall–Kier alpha value is -2.32. The van der Waals surface area contributed by atoms with Gasteiger partial charge in [-0.15, -0.1) is 0 Å². The van der Waals surface area contributed by atoms with E-state index in [2.05, 4.69) is 14.4 Å². The summed E-state index contributed by atoms with van der Waals surface area (Å²) in [6.07, 6.45) is 1.54. The Morgan fingerprint density at radius 3 is 2.37 bits per heavy atom. The number of benzene rings is 2. The summed E-state index contributed by atoms with van der Waals surface area (Å²) >= 11 is 1.63. The Balaban J connectivity index is 1.19. The topological polar surface area (TPSA) is 50.8 Å². The van der Waals surface area contributed by atoms with E-state index in [4.69, 9.17) is 4.74 Å². The van der Waals surface area contributed by atoms with Crippen LogP contribution in [-0.2, 0) is 11.3 Å². The number of alkyl carbamates (subject to hydrolysis) is 1. The van der Waals surface area contributed by atoms with E-state index in [1.807, 2.05) is 30.3 Å². The molecule has 1 saturated carbocycles. The molecule has 1 amide bonds. The molecule has 30 heavy (non-hydrogen) atoms. The monoisotopic (exact) mass is 434 g/mol. The number of alkyl halides is 2. The number of carbonyl (C=O) groups excluding carboxylic acids is 1. The standard InChI is InChI=1S/C22H24F2N2O3S/c23-21(24)29-19-6-8-20(9-7-19)30-26-12-16-10-18(11-17(16)13-26)25-22(27)28-14-15-4-2-1-3-5-15/h1-9,16-18,21H,10-14H2,(H,25,27). The number of amides is 1. The Labute approximate surface area is 178 Å². The summed E-state index contributed by atoms with van der Waals surface area (Å²) in [4.78, 5) is 13.1. The third kappa shape index (κ3) is 5.64. The van der Waals surface area contributed by atoms with E-state index in [0.29, 0.717) is 11.8 Å². The van der Waals surface area contributed by atoms with Gasteiger partial charge in [-0.25, -0.2) is 9.10 Å². The lowest BCUT2D eigenvalue weighted by atomic mass is 10.0. The number of rotatable bonds is 7. The number of nitrogens with zero attached hydrogens (tertiary/aromatic N) is 1. The lowest BCUT2D eigenvalue weighted by Gasteiger charge is -2.19. The Morgan fingerprint density at radius 2 is 1.73 bits per heavy atom. The van der Waals surface area contributed by atoms with E-state index >= 15 is 0 Å². The van der Waals surface area contributed by atoms with Gasteiger partial charge in [-0.3, -0.25) is 0 Å². The first-order chi connectivity index (χ1) is 14.5. The Bertz CT molecular complexity index is 824. The molecule has 5 nitrogen and oxygen atoms in total. The molecule has 2 aliphatic rings. The molecule has 0 spiro atoms. The summed E-state index contributed by atoms with van der Waals surface area (Å²) in [7, 11) is 0. The van der Waals surface area contributed by atoms with Crippen LogP contribution in [0.1, 0.15) is 18.4 Å². The zero-order valence-corrected chi connectivity index (χ0v) is 17.2. The normalized spacial score (nSPS) is 23.4. The van der Waals surface area contributed by atoms with Crippen LogP contribution in [0.2, 0.25) is 0 Å². The molecule has 1 saturated heterocycles. The van der Waals surface area contributed by atoms with Crippen LogP contribution in [0.25, 0.3) is 0 Å². The summed E-state index contributed by atoms with van der Waals surface area (Å²) in [5.41, 5.74) is 0.970. The number of carbonyl (C=O) groups is 1. The van der Waals surface area contributed by atoms with Crippen molar-refractivity contribution in [1.82, 2.24) is 9.62 Å². The van der Waals surface area contributed by atoms with Gasteiger partial charge in [0.05, 0.1) is 0 Å². The van der Waals surface area contributed by atoms with Crippen molar-refractivity contribution in [3.63, 3.8) is 0 Å². The average molecular weight is 435 g/mol. The molecule has 2 atom stereocenters. The maximum atomic E-state index is 12.2. The third-order valence-electron chi connectivity index (χ3n) is 5.54. The van der Waals surface area contributed by atoms with Crippen LogP contribution in [-0.4, -0.2) is 36.1 Å². The van der Waals surface area contributed by atoms with Crippen LogP contribution in [0.3, 0.4) is 0 Å². The highest BCUT2D eigenvalue weighted by Crippen LogP contribution is 2.42. The minimum absolute atomic E-state index is 0.154. The minimum Gasteiger partial charge on any atom is -0.445 e. The second-order valence-electron chi connectivity index (χ2n) is 7.68. The second kappa shape index (κ2) is 9.66. The number of halogens is 2. The molecule has 160 valence electrons. The first kappa shape index (κ1) is 20.9. The van der Waals surface area contributed by atoms with Gasteiger partial charge in [0.15, 0.2) is 0 Å². The third-order valence-corrected chi connectivity index (χ3v) is 6.57. The van der Waals surface area contributed by atoms with E-state index in [1.54, 1.807) is 36.2 Å². The summed E-state index contributed by atoms with van der Waals surface area (Å²) in [6, 6.07) is 16.5. The van der Waals surface area contributed by atoms with Crippen molar-refractivity contribution < 1.29 is 23.0 Å². The van der Waals surface area contributed by atoms with Crippen molar-refractivity contribution in [2.24, 2.45) is 11.8 Å². The van der Waals surface area contributed by atoms with Gasteiger partial charge in [0.2, 0.25) is 0 Å². The van der Waals surface area contributed by atoms with Gasteiger partial charge in [-0.2, -0.15) is 8.78 Å². The van der Waals surface area contributed by atoms with E-state index in [9.17, 15) is 13.6 Å². The highest BCUT2D eigenvalue weighted by molar-refractivity contribution is 7.97. The van der Waals surface area contributed by atoms with Crippen molar-refractivity contribution in [3.05, 3.63) is 60.2 Å². The van der Waals surface area contributed by atoms with Crippen molar-refractivity contribution in [2.75, 3.05) is 13.1 Å². The molecule has 1 heterocycles. The highest BCUT2D eigenvalue weighted by atomic mass is 32.2. The molecule has 1 N–H and O–H groups in total. The molecule has 2 unspecified atom stereocenters. The first-order valence-corrected chi connectivity index (χ1v) is 10.8. The maximum Gasteiger partial charge on any atom is 0.407 e. The fourth-order valence-electron chi connectivity index (χ4n) is 4.21. The fraction of sp³-hybridized carbons (Fsp3) is 0.409. The van der Waals surface area contributed by atoms with E-state index in [0.717, 1.165) is 36.4 Å². The Morgan fingerprint density at radius 1 is 1.07 bits per heavy atom. The zero-order chi connectivity index (χ0) is 20.9.